The number of nitrogens with zero attached hydrogens (tertiary/aromatic N) is 2. The number of hydrogen-bond acceptors (Lipinski definition) is 4. The van der Waals surface area contributed by atoms with Crippen molar-refractivity contribution in [1.82, 2.24) is 10.2 Å². The lowest BCUT2D eigenvalue weighted by atomic mass is 10.1. The molecule has 0 saturated carbocycles. The molecule has 0 aliphatic heterocycles. The highest BCUT2D eigenvalue weighted by Gasteiger charge is 2.35. The number of hydrogen-bond donors (Lipinski definition) is 1. The summed E-state index contributed by atoms with van der Waals surface area (Å²) in [5, 5.41) is 1.70. The van der Waals surface area contributed by atoms with E-state index in [4.69, 9.17) is 11.6 Å². The summed E-state index contributed by atoms with van der Waals surface area (Å²) in [5.74, 6) is -2.20. The first-order valence-electron chi connectivity index (χ1n) is 9.75. The number of halogens is 5. The van der Waals surface area contributed by atoms with E-state index in [0.717, 1.165) is 23.1 Å². The smallest absolute Gasteiger partial charge is 0.357 e. The third-order valence-electron chi connectivity index (χ3n) is 4.93. The summed E-state index contributed by atoms with van der Waals surface area (Å²) >= 11 is 5.61. The molecule has 0 fully saturated rings. The van der Waals surface area contributed by atoms with Crippen LogP contribution in [0.5, 0.6) is 0 Å². The van der Waals surface area contributed by atoms with Gasteiger partial charge in [0.1, 0.15) is 18.4 Å². The summed E-state index contributed by atoms with van der Waals surface area (Å²) < 4.78 is 79.3. The number of anilines is 1. The van der Waals surface area contributed by atoms with Crippen LogP contribution in [0.15, 0.2) is 42.5 Å². The predicted molar refractivity (Wildman–Crippen MR) is 119 cm³/mol. The van der Waals surface area contributed by atoms with Crippen LogP contribution in [0.3, 0.4) is 0 Å². The second kappa shape index (κ2) is 10.6. The second-order valence-electron chi connectivity index (χ2n) is 7.33. The molecule has 13 heteroatoms. The maximum atomic E-state index is 14.2. The zero-order valence-corrected chi connectivity index (χ0v) is 19.9. The Bertz CT molecular complexity index is 1170. The molecule has 0 spiro atoms. The van der Waals surface area contributed by atoms with Crippen molar-refractivity contribution in [3.8, 4) is 0 Å². The zero-order valence-electron chi connectivity index (χ0n) is 18.4. The van der Waals surface area contributed by atoms with Crippen LogP contribution in [0.2, 0.25) is 5.02 Å². The molecule has 1 unspecified atom stereocenters. The minimum Gasteiger partial charge on any atom is -0.357 e. The van der Waals surface area contributed by atoms with Gasteiger partial charge in [0, 0.05) is 19.2 Å². The quantitative estimate of drug-likeness (QED) is 0.537. The molecule has 0 aromatic heterocycles. The van der Waals surface area contributed by atoms with Gasteiger partial charge in [0.05, 0.1) is 22.5 Å². The van der Waals surface area contributed by atoms with Gasteiger partial charge in [-0.05, 0) is 31.2 Å². The zero-order chi connectivity index (χ0) is 25.8. The molecular weight excluding hydrogens is 502 g/mol. The van der Waals surface area contributed by atoms with Gasteiger partial charge >= 0.3 is 6.18 Å². The third-order valence-corrected chi connectivity index (χ3v) is 6.40. The number of alkyl halides is 3. The normalized spacial score (nSPS) is 12.7. The van der Waals surface area contributed by atoms with Crippen molar-refractivity contribution in [3.63, 3.8) is 0 Å². The molecule has 0 aliphatic carbocycles. The van der Waals surface area contributed by atoms with Gasteiger partial charge in [-0.2, -0.15) is 13.2 Å². The van der Waals surface area contributed by atoms with E-state index in [-0.39, 0.29) is 12.1 Å². The number of likely N-dealkylation sites (N-methyl/N-ethyl adjacent to an activating group) is 1. The Morgan fingerprint density at radius 1 is 1.15 bits per heavy atom. The van der Waals surface area contributed by atoms with Gasteiger partial charge in [0.25, 0.3) is 0 Å². The topological polar surface area (TPSA) is 86.8 Å². The highest BCUT2D eigenvalue weighted by atomic mass is 35.5. The van der Waals surface area contributed by atoms with Gasteiger partial charge in [-0.1, -0.05) is 29.8 Å². The highest BCUT2D eigenvalue weighted by molar-refractivity contribution is 7.92. The van der Waals surface area contributed by atoms with E-state index < -0.39 is 62.7 Å². The minimum atomic E-state index is -4.87. The first-order valence-corrected chi connectivity index (χ1v) is 12.0. The van der Waals surface area contributed by atoms with Gasteiger partial charge in [-0.3, -0.25) is 13.9 Å². The van der Waals surface area contributed by atoms with Crippen LogP contribution in [-0.4, -0.2) is 51.0 Å². The molecule has 2 aromatic rings. The summed E-state index contributed by atoms with van der Waals surface area (Å²) in [5.41, 5.74) is -1.68. The number of sulfonamides is 1. The predicted octanol–water partition coefficient (Wildman–Crippen LogP) is 3.43. The molecule has 0 heterocycles. The fourth-order valence-corrected chi connectivity index (χ4v) is 4.17. The molecule has 0 saturated heterocycles. The summed E-state index contributed by atoms with van der Waals surface area (Å²) in [6, 6.07) is 6.74. The molecule has 0 bridgehead atoms. The average Bonchev–Trinajstić information content (AvgIpc) is 2.74. The molecule has 2 aromatic carbocycles. The number of nitrogens with one attached hydrogen (secondary N) is 1. The van der Waals surface area contributed by atoms with Crippen molar-refractivity contribution in [2.24, 2.45) is 0 Å². The number of carbonyl (C=O) groups is 2. The summed E-state index contributed by atoms with van der Waals surface area (Å²) in [4.78, 5) is 26.3. The van der Waals surface area contributed by atoms with Crippen molar-refractivity contribution in [3.05, 3.63) is 64.4 Å². The van der Waals surface area contributed by atoms with Crippen molar-refractivity contribution in [2.45, 2.75) is 25.7 Å². The Kier molecular flexibility index (Phi) is 8.54. The number of benzene rings is 2. The van der Waals surface area contributed by atoms with Gasteiger partial charge in [-0.25, -0.2) is 12.8 Å². The summed E-state index contributed by atoms with van der Waals surface area (Å²) in [6.45, 7) is 0.0338. The first kappa shape index (κ1) is 27.4. The minimum absolute atomic E-state index is 0.0587. The maximum absolute atomic E-state index is 14.2. The van der Waals surface area contributed by atoms with Gasteiger partial charge in [-0.15, -0.1) is 0 Å². The van der Waals surface area contributed by atoms with Crippen LogP contribution in [0.4, 0.5) is 23.2 Å². The lowest BCUT2D eigenvalue weighted by molar-refractivity contribution is -0.139. The van der Waals surface area contributed by atoms with Gasteiger partial charge < -0.3 is 10.2 Å². The van der Waals surface area contributed by atoms with Gasteiger partial charge in [0.15, 0.2) is 0 Å². The Morgan fingerprint density at radius 2 is 1.76 bits per heavy atom. The van der Waals surface area contributed by atoms with E-state index >= 15 is 0 Å². The van der Waals surface area contributed by atoms with Crippen molar-refractivity contribution >= 4 is 39.1 Å². The average molecular weight is 524 g/mol. The number of rotatable bonds is 8. The van der Waals surface area contributed by atoms with Crippen LogP contribution in [0, 0.1) is 5.82 Å². The second-order valence-corrected chi connectivity index (χ2v) is 9.65. The maximum Gasteiger partial charge on any atom is 0.417 e. The van der Waals surface area contributed by atoms with Crippen molar-refractivity contribution in [2.75, 3.05) is 24.2 Å². The van der Waals surface area contributed by atoms with Crippen molar-refractivity contribution in [1.29, 1.82) is 0 Å². The van der Waals surface area contributed by atoms with Gasteiger partial charge in [0.2, 0.25) is 21.8 Å². The Hall–Kier alpha value is -2.86. The molecular formula is C21H22ClF4N3O4S. The highest BCUT2D eigenvalue weighted by Crippen LogP contribution is 2.37. The van der Waals surface area contributed by atoms with Crippen LogP contribution in [0.1, 0.15) is 18.1 Å². The molecule has 0 radical (unpaired) electrons. The number of amides is 2. The van der Waals surface area contributed by atoms with E-state index in [1.807, 2.05) is 0 Å². The fraction of sp³-hybridized carbons (Fsp3) is 0.333. The van der Waals surface area contributed by atoms with E-state index in [9.17, 15) is 35.6 Å². The molecule has 1 atom stereocenters. The standard InChI is InChI=1S/C21H22ClF4N3O4S/c1-13(20(31)27-2)28(11-14-6-4-5-7-18(14)23)19(30)12-29(34(3,32)33)15-8-9-17(22)16(10-15)21(24,25)26/h4-10,13H,11-12H2,1-3H3,(H,27,31). The van der Waals surface area contributed by atoms with Crippen LogP contribution in [0.25, 0.3) is 0 Å². The molecule has 7 nitrogen and oxygen atoms in total. The van der Waals surface area contributed by atoms with E-state index in [1.165, 1.54) is 32.2 Å². The first-order chi connectivity index (χ1) is 15.7. The molecule has 0 aliphatic rings. The van der Waals surface area contributed by atoms with E-state index in [0.29, 0.717) is 16.6 Å². The molecule has 2 rings (SSSR count). The molecule has 1 N–H and O–H groups in total. The Balaban J connectivity index is 2.49. The lowest BCUT2D eigenvalue weighted by Crippen LogP contribution is -2.50. The van der Waals surface area contributed by atoms with Crippen LogP contribution < -0.4 is 9.62 Å². The summed E-state index contributed by atoms with van der Waals surface area (Å²) in [7, 11) is -2.93. The third kappa shape index (κ3) is 6.60. The van der Waals surface area contributed by atoms with E-state index in [2.05, 4.69) is 5.32 Å². The molecule has 186 valence electrons. The van der Waals surface area contributed by atoms with Crippen LogP contribution in [-0.2, 0) is 32.3 Å². The van der Waals surface area contributed by atoms with Crippen molar-refractivity contribution < 1.29 is 35.6 Å². The van der Waals surface area contributed by atoms with E-state index in [1.54, 1.807) is 0 Å². The SMILES string of the molecule is CNC(=O)C(C)N(Cc1ccccc1F)C(=O)CN(c1ccc(Cl)c(C(F)(F)F)c1)S(C)(=O)=O. The fourth-order valence-electron chi connectivity index (χ4n) is 3.10. The molecule has 2 amide bonds. The largest absolute Gasteiger partial charge is 0.417 e. The monoisotopic (exact) mass is 523 g/mol. The Labute approximate surface area is 199 Å². The molecule has 34 heavy (non-hydrogen) atoms. The number of carbonyl (C=O) groups excluding carboxylic acids is 2. The summed E-state index contributed by atoms with van der Waals surface area (Å²) in [6.07, 6.45) is -4.16. The lowest BCUT2D eigenvalue weighted by Gasteiger charge is -2.31. The Morgan fingerprint density at radius 3 is 2.29 bits per heavy atom. The van der Waals surface area contributed by atoms with Crippen LogP contribution >= 0.6 is 11.6 Å².